The molecular weight excluding hydrogens is 232 g/mol. The third kappa shape index (κ3) is 3.62. The minimum Gasteiger partial charge on any atom is -0.481 e. The molecule has 0 spiro atoms. The number of likely N-dealkylation sites (tertiary alicyclic amines) is 1. The van der Waals surface area contributed by atoms with Gasteiger partial charge in [0.05, 0.1) is 5.41 Å². The molecule has 5 heteroatoms. The maximum Gasteiger partial charge on any atom is 0.317 e. The third-order valence-electron chi connectivity index (χ3n) is 3.72. The normalized spacial score (nSPS) is 20.3. The summed E-state index contributed by atoms with van der Waals surface area (Å²) in [7, 11) is 0. The summed E-state index contributed by atoms with van der Waals surface area (Å²) >= 11 is 0. The number of nitrogens with zero attached hydrogens (tertiary/aromatic N) is 1. The molecule has 104 valence electrons. The lowest BCUT2D eigenvalue weighted by atomic mass is 9.94. The molecule has 1 saturated heterocycles. The zero-order valence-electron chi connectivity index (χ0n) is 11.7. The molecule has 1 atom stereocenters. The van der Waals surface area contributed by atoms with Gasteiger partial charge < -0.3 is 15.3 Å². The molecular formula is C13H24N2O3. The molecule has 0 saturated carbocycles. The molecule has 1 aliphatic rings. The van der Waals surface area contributed by atoms with Crippen LogP contribution < -0.4 is 5.32 Å². The van der Waals surface area contributed by atoms with Crippen molar-refractivity contribution in [3.8, 4) is 0 Å². The molecule has 1 aliphatic heterocycles. The fourth-order valence-corrected chi connectivity index (χ4v) is 2.00. The second-order valence-corrected chi connectivity index (χ2v) is 6.09. The van der Waals surface area contributed by atoms with Crippen LogP contribution >= 0.6 is 0 Å². The van der Waals surface area contributed by atoms with Crippen molar-refractivity contribution in [2.75, 3.05) is 19.6 Å². The van der Waals surface area contributed by atoms with Crippen molar-refractivity contribution in [1.29, 1.82) is 0 Å². The Balaban J connectivity index is 2.41. The van der Waals surface area contributed by atoms with Crippen LogP contribution in [0.25, 0.3) is 0 Å². The number of hydrogen-bond acceptors (Lipinski definition) is 2. The SMILES string of the molecule is CC(C)C1CCN(C(=O)NCC(C)(C)C(=O)O)C1. The number of urea groups is 1. The van der Waals surface area contributed by atoms with Gasteiger partial charge in [0.25, 0.3) is 0 Å². The fourth-order valence-electron chi connectivity index (χ4n) is 2.00. The average Bonchev–Trinajstić information content (AvgIpc) is 2.75. The van der Waals surface area contributed by atoms with E-state index in [0.29, 0.717) is 11.8 Å². The zero-order chi connectivity index (χ0) is 13.9. The van der Waals surface area contributed by atoms with Crippen LogP contribution in [-0.2, 0) is 4.79 Å². The van der Waals surface area contributed by atoms with E-state index in [-0.39, 0.29) is 12.6 Å². The molecule has 1 unspecified atom stereocenters. The molecule has 1 heterocycles. The lowest BCUT2D eigenvalue weighted by Crippen LogP contribution is -2.44. The first-order chi connectivity index (χ1) is 8.24. The van der Waals surface area contributed by atoms with Crippen LogP contribution in [0.3, 0.4) is 0 Å². The quantitative estimate of drug-likeness (QED) is 0.805. The zero-order valence-corrected chi connectivity index (χ0v) is 11.7. The highest BCUT2D eigenvalue weighted by atomic mass is 16.4. The van der Waals surface area contributed by atoms with Crippen molar-refractivity contribution in [2.24, 2.45) is 17.3 Å². The first-order valence-electron chi connectivity index (χ1n) is 6.50. The van der Waals surface area contributed by atoms with Crippen LogP contribution in [0.4, 0.5) is 4.79 Å². The van der Waals surface area contributed by atoms with Crippen LogP contribution in [-0.4, -0.2) is 41.6 Å². The van der Waals surface area contributed by atoms with Crippen LogP contribution in [0.2, 0.25) is 0 Å². The van der Waals surface area contributed by atoms with Crippen molar-refractivity contribution in [1.82, 2.24) is 10.2 Å². The van der Waals surface area contributed by atoms with E-state index in [1.807, 2.05) is 0 Å². The van der Waals surface area contributed by atoms with Gasteiger partial charge >= 0.3 is 12.0 Å². The second-order valence-electron chi connectivity index (χ2n) is 6.09. The minimum atomic E-state index is -0.924. The predicted molar refractivity (Wildman–Crippen MR) is 69.3 cm³/mol. The molecule has 0 aromatic heterocycles. The number of hydrogen-bond donors (Lipinski definition) is 2. The number of rotatable bonds is 4. The van der Waals surface area contributed by atoms with Gasteiger partial charge in [-0.3, -0.25) is 4.79 Å². The van der Waals surface area contributed by atoms with Gasteiger partial charge in [-0.15, -0.1) is 0 Å². The van der Waals surface area contributed by atoms with Gasteiger partial charge in [-0.25, -0.2) is 4.79 Å². The molecule has 0 aliphatic carbocycles. The number of carboxylic acid groups (broad SMARTS) is 1. The predicted octanol–water partition coefficient (Wildman–Crippen LogP) is 1.78. The largest absolute Gasteiger partial charge is 0.481 e. The summed E-state index contributed by atoms with van der Waals surface area (Å²) in [5, 5.41) is 11.7. The highest BCUT2D eigenvalue weighted by molar-refractivity contribution is 5.77. The molecule has 1 rings (SSSR count). The Morgan fingerprint density at radius 3 is 2.50 bits per heavy atom. The topological polar surface area (TPSA) is 69.6 Å². The standard InChI is InChI=1S/C13H24N2O3/c1-9(2)10-5-6-15(7-10)12(18)14-8-13(3,4)11(16)17/h9-10H,5-8H2,1-4H3,(H,14,18)(H,16,17). The van der Waals surface area contributed by atoms with E-state index in [9.17, 15) is 9.59 Å². The number of carboxylic acids is 1. The van der Waals surface area contributed by atoms with Gasteiger partial charge in [-0.2, -0.15) is 0 Å². The maximum absolute atomic E-state index is 11.9. The Bertz CT molecular complexity index is 326. The Morgan fingerprint density at radius 1 is 1.44 bits per heavy atom. The summed E-state index contributed by atoms with van der Waals surface area (Å²) in [6.45, 7) is 9.25. The summed E-state index contributed by atoms with van der Waals surface area (Å²) in [5.74, 6) is 0.241. The van der Waals surface area contributed by atoms with Gasteiger partial charge in [0, 0.05) is 19.6 Å². The van der Waals surface area contributed by atoms with E-state index in [2.05, 4.69) is 19.2 Å². The average molecular weight is 256 g/mol. The van der Waals surface area contributed by atoms with Crippen LogP contribution in [0.5, 0.6) is 0 Å². The van der Waals surface area contributed by atoms with Crippen LogP contribution in [0.15, 0.2) is 0 Å². The van der Waals surface area contributed by atoms with Gasteiger partial charge in [0.15, 0.2) is 0 Å². The van der Waals surface area contributed by atoms with E-state index in [1.165, 1.54) is 0 Å². The molecule has 2 N–H and O–H groups in total. The summed E-state index contributed by atoms with van der Waals surface area (Å²) in [4.78, 5) is 24.6. The lowest BCUT2D eigenvalue weighted by molar-refractivity contribution is -0.146. The Kier molecular flexibility index (Phi) is 4.59. The second kappa shape index (κ2) is 5.59. The minimum absolute atomic E-state index is 0.146. The molecule has 0 aromatic rings. The number of carbonyl (C=O) groups excluding carboxylic acids is 1. The van der Waals surface area contributed by atoms with Crippen molar-refractivity contribution < 1.29 is 14.7 Å². The summed E-state index contributed by atoms with van der Waals surface area (Å²) in [6.07, 6.45) is 1.04. The monoisotopic (exact) mass is 256 g/mol. The number of carbonyl (C=O) groups is 2. The Labute approximate surface area is 109 Å². The number of aliphatic carboxylic acids is 1. The third-order valence-corrected chi connectivity index (χ3v) is 3.72. The van der Waals surface area contributed by atoms with Crippen molar-refractivity contribution in [3.05, 3.63) is 0 Å². The van der Waals surface area contributed by atoms with Crippen molar-refractivity contribution >= 4 is 12.0 Å². The van der Waals surface area contributed by atoms with Crippen molar-refractivity contribution in [3.63, 3.8) is 0 Å². The van der Waals surface area contributed by atoms with Crippen LogP contribution in [0, 0.1) is 17.3 Å². The fraction of sp³-hybridized carbons (Fsp3) is 0.846. The van der Waals surface area contributed by atoms with E-state index >= 15 is 0 Å². The first-order valence-corrected chi connectivity index (χ1v) is 6.50. The van der Waals surface area contributed by atoms with Gasteiger partial charge in [-0.05, 0) is 32.1 Å². The smallest absolute Gasteiger partial charge is 0.317 e. The van der Waals surface area contributed by atoms with Gasteiger partial charge in [0.2, 0.25) is 0 Å². The summed E-state index contributed by atoms with van der Waals surface area (Å²) in [5.41, 5.74) is -0.924. The first kappa shape index (κ1) is 14.8. The molecule has 0 radical (unpaired) electrons. The Morgan fingerprint density at radius 2 is 2.06 bits per heavy atom. The van der Waals surface area contributed by atoms with E-state index in [4.69, 9.17) is 5.11 Å². The molecule has 0 aromatic carbocycles. The molecule has 2 amide bonds. The number of nitrogens with one attached hydrogen (secondary N) is 1. The maximum atomic E-state index is 11.9. The van der Waals surface area contributed by atoms with Crippen LogP contribution in [0.1, 0.15) is 34.1 Å². The lowest BCUT2D eigenvalue weighted by Gasteiger charge is -2.23. The Hall–Kier alpha value is -1.26. The molecule has 5 nitrogen and oxygen atoms in total. The van der Waals surface area contributed by atoms with E-state index in [1.54, 1.807) is 18.7 Å². The summed E-state index contributed by atoms with van der Waals surface area (Å²) < 4.78 is 0. The highest BCUT2D eigenvalue weighted by Gasteiger charge is 2.31. The van der Waals surface area contributed by atoms with E-state index in [0.717, 1.165) is 19.5 Å². The summed E-state index contributed by atoms with van der Waals surface area (Å²) in [6, 6.07) is -0.146. The van der Waals surface area contributed by atoms with E-state index < -0.39 is 11.4 Å². The molecule has 0 bridgehead atoms. The molecule has 1 fully saturated rings. The highest BCUT2D eigenvalue weighted by Crippen LogP contribution is 2.23. The number of amides is 2. The van der Waals surface area contributed by atoms with Gasteiger partial charge in [0.1, 0.15) is 0 Å². The van der Waals surface area contributed by atoms with Crippen molar-refractivity contribution in [2.45, 2.75) is 34.1 Å². The molecule has 18 heavy (non-hydrogen) atoms. The van der Waals surface area contributed by atoms with Gasteiger partial charge in [-0.1, -0.05) is 13.8 Å².